The van der Waals surface area contributed by atoms with E-state index >= 15 is 0 Å². The minimum Gasteiger partial charge on any atom is -0.453 e. The van der Waals surface area contributed by atoms with Crippen LogP contribution in [0.25, 0.3) is 22.4 Å². The molecule has 0 radical (unpaired) electrons. The van der Waals surface area contributed by atoms with Gasteiger partial charge in [0.15, 0.2) is 12.3 Å². The number of carbonyl (C=O) groups excluding carboxylic acids is 1. The lowest BCUT2D eigenvalue weighted by Crippen LogP contribution is -2.07. The van der Waals surface area contributed by atoms with Crippen molar-refractivity contribution < 1.29 is 14.1 Å². The van der Waals surface area contributed by atoms with Crippen LogP contribution in [0, 0.1) is 0 Å². The smallest absolute Gasteiger partial charge is 0.359 e. The Morgan fingerprint density at radius 2 is 2.22 bits per heavy atom. The topological polar surface area (TPSA) is 93.9 Å². The number of rotatable bonds is 4. The number of ether oxygens (including phenoxy) is 1. The van der Waals surface area contributed by atoms with Gasteiger partial charge in [-0.25, -0.2) is 4.79 Å². The van der Waals surface area contributed by atoms with E-state index in [4.69, 9.17) is 9.26 Å². The van der Waals surface area contributed by atoms with E-state index in [-0.39, 0.29) is 12.3 Å². The molecular formula is C15H10N4O3S. The minimum atomic E-state index is -0.538. The number of aromatic amines is 1. The summed E-state index contributed by atoms with van der Waals surface area (Å²) in [6.45, 7) is -0.0757. The highest BCUT2D eigenvalue weighted by atomic mass is 32.1. The average molecular weight is 326 g/mol. The van der Waals surface area contributed by atoms with Crippen LogP contribution in [0.15, 0.2) is 45.6 Å². The summed E-state index contributed by atoms with van der Waals surface area (Å²) < 4.78 is 10.3. The Bertz CT molecular complexity index is 958. The molecule has 0 unspecified atom stereocenters. The van der Waals surface area contributed by atoms with E-state index in [9.17, 15) is 4.79 Å². The molecule has 0 spiro atoms. The normalized spacial score (nSPS) is 11.0. The lowest BCUT2D eigenvalue weighted by atomic mass is 10.2. The fourth-order valence-corrected chi connectivity index (χ4v) is 2.76. The summed E-state index contributed by atoms with van der Waals surface area (Å²) in [5.74, 6) is 0.172. The number of hydrogen-bond acceptors (Lipinski definition) is 7. The molecule has 3 aromatic heterocycles. The van der Waals surface area contributed by atoms with Crippen LogP contribution in [0.1, 0.15) is 16.3 Å². The molecule has 8 heteroatoms. The van der Waals surface area contributed by atoms with Gasteiger partial charge in [-0.1, -0.05) is 23.4 Å². The summed E-state index contributed by atoms with van der Waals surface area (Å²) >= 11 is 1.54. The van der Waals surface area contributed by atoms with Crippen molar-refractivity contribution in [2.45, 2.75) is 6.61 Å². The van der Waals surface area contributed by atoms with Crippen LogP contribution >= 0.6 is 11.3 Å². The summed E-state index contributed by atoms with van der Waals surface area (Å²) in [4.78, 5) is 16.3. The largest absolute Gasteiger partial charge is 0.453 e. The third-order valence-electron chi connectivity index (χ3n) is 3.23. The van der Waals surface area contributed by atoms with Gasteiger partial charge in [0, 0.05) is 10.8 Å². The Balaban J connectivity index is 1.48. The van der Waals surface area contributed by atoms with Crippen LogP contribution in [0.2, 0.25) is 0 Å². The number of thiophene rings is 1. The number of benzene rings is 1. The zero-order chi connectivity index (χ0) is 15.6. The van der Waals surface area contributed by atoms with Crippen LogP contribution in [0.4, 0.5) is 0 Å². The standard InChI is InChI=1S/C15H10N4O3S/c20-15(13-10-3-1-2-4-11(10)17-18-13)21-7-12-16-14(22-19-12)9-5-6-23-8-9/h1-6,8H,7H2,(H,17,18). The van der Waals surface area contributed by atoms with Crippen LogP contribution in [-0.4, -0.2) is 26.3 Å². The second-order valence-corrected chi connectivity index (χ2v) is 5.50. The molecule has 0 atom stereocenters. The predicted molar refractivity (Wildman–Crippen MR) is 82.8 cm³/mol. The van der Waals surface area contributed by atoms with Gasteiger partial charge in [-0.15, -0.1) is 0 Å². The number of para-hydroxylation sites is 1. The maximum absolute atomic E-state index is 12.1. The van der Waals surface area contributed by atoms with Gasteiger partial charge < -0.3 is 9.26 Å². The van der Waals surface area contributed by atoms with Gasteiger partial charge in [-0.05, 0) is 17.5 Å². The molecule has 0 saturated carbocycles. The van der Waals surface area contributed by atoms with Crippen molar-refractivity contribution in [2.75, 3.05) is 0 Å². The first-order chi connectivity index (χ1) is 11.3. The van der Waals surface area contributed by atoms with Crippen LogP contribution < -0.4 is 0 Å². The van der Waals surface area contributed by atoms with Gasteiger partial charge in [-0.3, -0.25) is 5.10 Å². The molecule has 0 aliphatic carbocycles. The van der Waals surface area contributed by atoms with Gasteiger partial charge in [0.05, 0.1) is 11.1 Å². The van der Waals surface area contributed by atoms with E-state index in [0.717, 1.165) is 11.1 Å². The molecule has 3 heterocycles. The van der Waals surface area contributed by atoms with Crippen molar-refractivity contribution in [2.24, 2.45) is 0 Å². The molecule has 23 heavy (non-hydrogen) atoms. The van der Waals surface area contributed by atoms with Crippen molar-refractivity contribution in [3.05, 3.63) is 52.6 Å². The molecule has 7 nitrogen and oxygen atoms in total. The first-order valence-electron chi connectivity index (χ1n) is 6.76. The van der Waals surface area contributed by atoms with Crippen LogP contribution in [-0.2, 0) is 11.3 Å². The Morgan fingerprint density at radius 1 is 1.30 bits per heavy atom. The van der Waals surface area contributed by atoms with Crippen molar-refractivity contribution in [1.82, 2.24) is 20.3 Å². The maximum Gasteiger partial charge on any atom is 0.359 e. The van der Waals surface area contributed by atoms with E-state index in [1.807, 2.05) is 35.0 Å². The lowest BCUT2D eigenvalue weighted by Gasteiger charge is -1.99. The van der Waals surface area contributed by atoms with Gasteiger partial charge in [0.25, 0.3) is 5.89 Å². The van der Waals surface area contributed by atoms with Crippen molar-refractivity contribution in [3.63, 3.8) is 0 Å². The highest BCUT2D eigenvalue weighted by Crippen LogP contribution is 2.20. The molecular weight excluding hydrogens is 316 g/mol. The molecule has 0 saturated heterocycles. The van der Waals surface area contributed by atoms with Crippen LogP contribution in [0.5, 0.6) is 0 Å². The second kappa shape index (κ2) is 5.65. The number of carbonyl (C=O) groups is 1. The fourth-order valence-electron chi connectivity index (χ4n) is 2.13. The van der Waals surface area contributed by atoms with Gasteiger partial charge in [0.1, 0.15) is 0 Å². The average Bonchev–Trinajstić information content (AvgIpc) is 3.31. The summed E-state index contributed by atoms with van der Waals surface area (Å²) in [5, 5.41) is 15.1. The number of nitrogens with zero attached hydrogens (tertiary/aromatic N) is 3. The first kappa shape index (κ1) is 13.6. The number of hydrogen-bond donors (Lipinski definition) is 1. The van der Waals surface area contributed by atoms with E-state index in [0.29, 0.717) is 17.1 Å². The maximum atomic E-state index is 12.1. The Hall–Kier alpha value is -3.00. The number of fused-ring (bicyclic) bond motifs is 1. The molecule has 1 N–H and O–H groups in total. The molecule has 0 aliphatic heterocycles. The molecule has 0 fully saturated rings. The van der Waals surface area contributed by atoms with Gasteiger partial charge in [-0.2, -0.15) is 21.4 Å². The third kappa shape index (κ3) is 2.59. The third-order valence-corrected chi connectivity index (χ3v) is 3.92. The van der Waals surface area contributed by atoms with Crippen molar-refractivity contribution in [1.29, 1.82) is 0 Å². The lowest BCUT2D eigenvalue weighted by molar-refractivity contribution is 0.0455. The Labute approximate surface area is 133 Å². The Kier molecular flexibility index (Phi) is 3.35. The van der Waals surface area contributed by atoms with Crippen LogP contribution in [0.3, 0.4) is 0 Å². The predicted octanol–water partition coefficient (Wildman–Crippen LogP) is 3.03. The summed E-state index contributed by atoms with van der Waals surface area (Å²) in [7, 11) is 0. The van der Waals surface area contributed by atoms with Gasteiger partial charge >= 0.3 is 5.97 Å². The van der Waals surface area contributed by atoms with E-state index in [1.165, 1.54) is 11.3 Å². The molecule has 1 aromatic carbocycles. The summed E-state index contributed by atoms with van der Waals surface area (Å²) in [6.07, 6.45) is 0. The van der Waals surface area contributed by atoms with E-state index in [2.05, 4.69) is 20.3 Å². The number of aromatic nitrogens is 4. The minimum absolute atomic E-state index is 0.0757. The number of nitrogens with one attached hydrogen (secondary N) is 1. The highest BCUT2D eigenvalue weighted by Gasteiger charge is 2.17. The van der Waals surface area contributed by atoms with E-state index in [1.54, 1.807) is 6.07 Å². The first-order valence-corrected chi connectivity index (χ1v) is 7.71. The molecule has 4 aromatic rings. The monoisotopic (exact) mass is 326 g/mol. The number of esters is 1. The molecule has 0 amide bonds. The van der Waals surface area contributed by atoms with Crippen molar-refractivity contribution in [3.8, 4) is 11.5 Å². The molecule has 4 rings (SSSR count). The molecule has 0 bridgehead atoms. The molecule has 114 valence electrons. The summed E-state index contributed by atoms with van der Waals surface area (Å²) in [6, 6.07) is 9.22. The van der Waals surface area contributed by atoms with Gasteiger partial charge in [0.2, 0.25) is 5.82 Å². The quantitative estimate of drug-likeness (QED) is 0.579. The highest BCUT2D eigenvalue weighted by molar-refractivity contribution is 7.08. The molecule has 0 aliphatic rings. The zero-order valence-corrected chi connectivity index (χ0v) is 12.5. The number of H-pyrrole nitrogens is 1. The SMILES string of the molecule is O=C(OCc1noc(-c2ccsc2)n1)c1n[nH]c2ccccc12. The second-order valence-electron chi connectivity index (χ2n) is 4.72. The van der Waals surface area contributed by atoms with Crippen molar-refractivity contribution >= 4 is 28.2 Å². The Morgan fingerprint density at radius 3 is 3.09 bits per heavy atom. The summed E-state index contributed by atoms with van der Waals surface area (Å²) in [5.41, 5.74) is 1.86. The zero-order valence-electron chi connectivity index (χ0n) is 11.7. The fraction of sp³-hybridized carbons (Fsp3) is 0.0667. The van der Waals surface area contributed by atoms with E-state index < -0.39 is 5.97 Å².